The van der Waals surface area contributed by atoms with Crippen LogP contribution in [0.25, 0.3) is 0 Å². The third kappa shape index (κ3) is 6.41. The van der Waals surface area contributed by atoms with Crippen molar-refractivity contribution in [2.24, 2.45) is 0 Å². The van der Waals surface area contributed by atoms with Crippen molar-refractivity contribution in [2.45, 2.75) is 53.5 Å². The van der Waals surface area contributed by atoms with E-state index in [1.54, 1.807) is 0 Å². The zero-order chi connectivity index (χ0) is 21.4. The van der Waals surface area contributed by atoms with Crippen LogP contribution < -0.4 is 19.5 Å². The van der Waals surface area contributed by atoms with Crippen molar-refractivity contribution >= 4 is 5.91 Å². The number of carbonyl (C=O) groups is 1. The highest BCUT2D eigenvalue weighted by Gasteiger charge is 2.15. The Morgan fingerprint density at radius 1 is 0.897 bits per heavy atom. The van der Waals surface area contributed by atoms with Gasteiger partial charge in [0.1, 0.15) is 5.75 Å². The van der Waals surface area contributed by atoms with Gasteiger partial charge in [0.2, 0.25) is 0 Å². The van der Waals surface area contributed by atoms with Gasteiger partial charge in [-0.2, -0.15) is 0 Å². The molecule has 0 bridgehead atoms. The predicted octanol–water partition coefficient (Wildman–Crippen LogP) is 5.17. The second-order valence-electron chi connectivity index (χ2n) is 7.35. The first kappa shape index (κ1) is 22.6. The van der Waals surface area contributed by atoms with E-state index in [1.807, 2.05) is 52.0 Å². The van der Waals surface area contributed by atoms with Crippen LogP contribution in [0.3, 0.4) is 0 Å². The van der Waals surface area contributed by atoms with Crippen LogP contribution in [0.15, 0.2) is 36.4 Å². The number of benzene rings is 2. The normalized spacial score (nSPS) is 11.8. The number of ether oxygens (including phenoxy) is 3. The van der Waals surface area contributed by atoms with Crippen LogP contribution in [-0.4, -0.2) is 25.7 Å². The van der Waals surface area contributed by atoms with Gasteiger partial charge in [-0.05, 0) is 68.5 Å². The first-order chi connectivity index (χ1) is 13.8. The highest BCUT2D eigenvalue weighted by Crippen LogP contribution is 2.31. The van der Waals surface area contributed by atoms with Crippen molar-refractivity contribution in [3.05, 3.63) is 53.1 Å². The van der Waals surface area contributed by atoms with E-state index < -0.39 is 0 Å². The molecule has 1 N–H and O–H groups in total. The molecule has 5 heteroatoms. The molecule has 1 atom stereocenters. The molecule has 2 aromatic carbocycles. The van der Waals surface area contributed by atoms with E-state index in [2.05, 4.69) is 31.3 Å². The van der Waals surface area contributed by atoms with Crippen molar-refractivity contribution < 1.29 is 19.0 Å². The van der Waals surface area contributed by atoms with Gasteiger partial charge in [-0.1, -0.05) is 32.0 Å². The molecule has 5 nitrogen and oxygen atoms in total. The van der Waals surface area contributed by atoms with Gasteiger partial charge in [-0.25, -0.2) is 0 Å². The topological polar surface area (TPSA) is 56.8 Å². The molecular weight excluding hydrogens is 366 g/mol. The Labute approximate surface area is 174 Å². The van der Waals surface area contributed by atoms with E-state index in [-0.39, 0.29) is 18.6 Å². The third-order valence-corrected chi connectivity index (χ3v) is 4.59. The fourth-order valence-electron chi connectivity index (χ4n) is 3.09. The van der Waals surface area contributed by atoms with Gasteiger partial charge in [0.25, 0.3) is 5.91 Å². The lowest BCUT2D eigenvalue weighted by Crippen LogP contribution is -2.31. The Morgan fingerprint density at radius 2 is 1.59 bits per heavy atom. The average molecular weight is 400 g/mol. The van der Waals surface area contributed by atoms with Crippen LogP contribution in [0, 0.1) is 6.92 Å². The molecule has 0 aliphatic rings. The zero-order valence-electron chi connectivity index (χ0n) is 18.4. The minimum absolute atomic E-state index is 0.0249. The minimum atomic E-state index is -0.178. The van der Waals surface area contributed by atoms with E-state index >= 15 is 0 Å². The van der Waals surface area contributed by atoms with Crippen LogP contribution >= 0.6 is 0 Å². The van der Waals surface area contributed by atoms with Gasteiger partial charge in [-0.15, -0.1) is 0 Å². The smallest absolute Gasteiger partial charge is 0.258 e. The van der Waals surface area contributed by atoms with Gasteiger partial charge in [-0.3, -0.25) is 4.79 Å². The van der Waals surface area contributed by atoms with Crippen molar-refractivity contribution in [3.8, 4) is 17.2 Å². The maximum atomic E-state index is 12.5. The molecule has 158 valence electrons. The largest absolute Gasteiger partial charge is 0.490 e. The number of hydrogen-bond donors (Lipinski definition) is 1. The van der Waals surface area contributed by atoms with Crippen LogP contribution in [0.5, 0.6) is 17.2 Å². The van der Waals surface area contributed by atoms with Crippen LogP contribution in [-0.2, 0) is 4.79 Å². The van der Waals surface area contributed by atoms with Crippen molar-refractivity contribution in [3.63, 3.8) is 0 Å². The summed E-state index contributed by atoms with van der Waals surface area (Å²) in [6.45, 7) is 13.1. The van der Waals surface area contributed by atoms with E-state index in [0.29, 0.717) is 30.6 Å². The number of carbonyl (C=O) groups excluding carboxylic acids is 1. The lowest BCUT2D eigenvalue weighted by molar-refractivity contribution is -0.123. The standard InChI is InChI=1S/C24H33NO4/c1-7-27-21-12-10-19(14-23(21)28-8-2)18(6)25-24(26)15-29-22-13-17(5)9-11-20(22)16(3)4/h9-14,16,18H,7-8,15H2,1-6H3,(H,25,26)/t18-/m0/s1. The van der Waals surface area contributed by atoms with E-state index in [9.17, 15) is 4.79 Å². The second kappa shape index (κ2) is 10.7. The van der Waals surface area contributed by atoms with E-state index in [4.69, 9.17) is 14.2 Å². The number of aryl methyl sites for hydroxylation is 1. The Morgan fingerprint density at radius 3 is 2.24 bits per heavy atom. The molecule has 2 aromatic rings. The summed E-state index contributed by atoms with van der Waals surface area (Å²) in [5, 5.41) is 2.99. The van der Waals surface area contributed by atoms with E-state index in [1.165, 1.54) is 0 Å². The Balaban J connectivity index is 2.02. The highest BCUT2D eigenvalue weighted by molar-refractivity contribution is 5.78. The molecule has 0 spiro atoms. The Hall–Kier alpha value is -2.69. The summed E-state index contributed by atoms with van der Waals surface area (Å²) >= 11 is 0. The van der Waals surface area contributed by atoms with E-state index in [0.717, 1.165) is 22.4 Å². The summed E-state index contributed by atoms with van der Waals surface area (Å²) in [5.74, 6) is 2.32. The number of nitrogens with one attached hydrogen (secondary N) is 1. The molecule has 29 heavy (non-hydrogen) atoms. The first-order valence-electron chi connectivity index (χ1n) is 10.3. The number of rotatable bonds is 10. The minimum Gasteiger partial charge on any atom is -0.490 e. The fourth-order valence-corrected chi connectivity index (χ4v) is 3.09. The summed E-state index contributed by atoms with van der Waals surface area (Å²) in [4.78, 5) is 12.5. The van der Waals surface area contributed by atoms with Gasteiger partial charge in [0, 0.05) is 0 Å². The predicted molar refractivity (Wildman–Crippen MR) is 116 cm³/mol. The van der Waals surface area contributed by atoms with Crippen molar-refractivity contribution in [1.82, 2.24) is 5.32 Å². The third-order valence-electron chi connectivity index (χ3n) is 4.59. The summed E-state index contributed by atoms with van der Waals surface area (Å²) < 4.78 is 17.1. The maximum Gasteiger partial charge on any atom is 0.258 e. The molecule has 0 aliphatic heterocycles. The summed E-state index contributed by atoms with van der Waals surface area (Å²) in [6, 6.07) is 11.7. The van der Waals surface area contributed by atoms with Crippen molar-refractivity contribution in [1.29, 1.82) is 0 Å². The van der Waals surface area contributed by atoms with Gasteiger partial charge >= 0.3 is 0 Å². The zero-order valence-corrected chi connectivity index (χ0v) is 18.4. The molecule has 0 radical (unpaired) electrons. The lowest BCUT2D eigenvalue weighted by Gasteiger charge is -2.18. The molecule has 0 saturated carbocycles. The molecule has 2 rings (SSSR count). The average Bonchev–Trinajstić information content (AvgIpc) is 2.67. The molecule has 0 heterocycles. The molecule has 1 amide bonds. The molecule has 0 saturated heterocycles. The number of hydrogen-bond acceptors (Lipinski definition) is 4. The maximum absolute atomic E-state index is 12.5. The molecule has 0 aliphatic carbocycles. The fraction of sp³-hybridized carbons (Fsp3) is 0.458. The molecular formula is C24H33NO4. The highest BCUT2D eigenvalue weighted by atomic mass is 16.5. The Kier molecular flexibility index (Phi) is 8.37. The Bertz CT molecular complexity index is 817. The monoisotopic (exact) mass is 399 g/mol. The molecule has 0 unspecified atom stereocenters. The SMILES string of the molecule is CCOc1ccc([C@H](C)NC(=O)COc2cc(C)ccc2C(C)C)cc1OCC. The van der Waals surface area contributed by atoms with Crippen molar-refractivity contribution in [2.75, 3.05) is 19.8 Å². The van der Waals surface area contributed by atoms with Crippen LogP contribution in [0.4, 0.5) is 0 Å². The quantitative estimate of drug-likeness (QED) is 0.599. The summed E-state index contributed by atoms with van der Waals surface area (Å²) in [6.07, 6.45) is 0. The van der Waals surface area contributed by atoms with Gasteiger partial charge in [0.05, 0.1) is 19.3 Å². The number of amides is 1. The molecule has 0 fully saturated rings. The van der Waals surface area contributed by atoms with Crippen LogP contribution in [0.1, 0.15) is 63.3 Å². The molecule has 0 aromatic heterocycles. The summed E-state index contributed by atoms with van der Waals surface area (Å²) in [5.41, 5.74) is 3.16. The second-order valence-corrected chi connectivity index (χ2v) is 7.35. The van der Waals surface area contributed by atoms with Gasteiger partial charge in [0.15, 0.2) is 18.1 Å². The summed E-state index contributed by atoms with van der Waals surface area (Å²) in [7, 11) is 0. The first-order valence-corrected chi connectivity index (χ1v) is 10.3. The van der Waals surface area contributed by atoms with Crippen LogP contribution in [0.2, 0.25) is 0 Å². The lowest BCUT2D eigenvalue weighted by atomic mass is 10.0. The van der Waals surface area contributed by atoms with Gasteiger partial charge < -0.3 is 19.5 Å².